The second-order valence-corrected chi connectivity index (χ2v) is 9.16. The minimum Gasteiger partial charge on any atom is -0.469 e. The summed E-state index contributed by atoms with van der Waals surface area (Å²) in [6.07, 6.45) is 2.64. The van der Waals surface area contributed by atoms with Gasteiger partial charge in [0.2, 0.25) is 5.88 Å². The number of aryl methyl sites for hydroxylation is 2. The molecule has 2 aromatic rings. The lowest BCUT2D eigenvalue weighted by atomic mass is 9.77. The summed E-state index contributed by atoms with van der Waals surface area (Å²) < 4.78 is 7.27. The fourth-order valence-electron chi connectivity index (χ4n) is 3.88. The van der Waals surface area contributed by atoms with E-state index in [1.807, 2.05) is 31.7 Å². The Labute approximate surface area is 170 Å². The summed E-state index contributed by atoms with van der Waals surface area (Å²) in [6, 6.07) is 1.99. The van der Waals surface area contributed by atoms with Crippen molar-refractivity contribution >= 4 is 23.3 Å². The molecule has 0 N–H and O–H groups in total. The first-order valence-corrected chi connectivity index (χ1v) is 10.7. The van der Waals surface area contributed by atoms with Crippen molar-refractivity contribution < 1.29 is 14.3 Å². The highest BCUT2D eigenvalue weighted by atomic mass is 32.2. The van der Waals surface area contributed by atoms with E-state index in [4.69, 9.17) is 4.74 Å². The Bertz CT molecular complexity index is 944. The van der Waals surface area contributed by atoms with E-state index >= 15 is 0 Å². The van der Waals surface area contributed by atoms with Gasteiger partial charge in [0.05, 0.1) is 6.20 Å². The molecule has 0 unspecified atom stereocenters. The van der Waals surface area contributed by atoms with Crippen molar-refractivity contribution in [2.24, 2.45) is 0 Å². The van der Waals surface area contributed by atoms with Crippen molar-refractivity contribution in [2.45, 2.75) is 64.8 Å². The lowest BCUT2D eigenvalue weighted by Crippen LogP contribution is -2.26. The monoisotopic (exact) mass is 400 g/mol. The average Bonchev–Trinajstić information content (AvgIpc) is 3.04. The Balaban J connectivity index is 2.11. The lowest BCUT2D eigenvalue weighted by Gasteiger charge is -2.35. The van der Waals surface area contributed by atoms with Crippen LogP contribution in [0.4, 0.5) is 0 Å². The predicted molar refractivity (Wildman–Crippen MR) is 112 cm³/mol. The molecule has 2 heterocycles. The standard InChI is InChI=1S/C22H28N2O3S/c1-7-24-21(27-12-14(3)25)17(11-23-24)19(26)16-10-13(2)20-18(15(16)4)22(5,6)8-9-28-20/h10-11H,7-9,12H2,1-6H3. The van der Waals surface area contributed by atoms with Gasteiger partial charge in [-0.1, -0.05) is 13.8 Å². The fraction of sp³-hybridized carbons (Fsp3) is 0.500. The first kappa shape index (κ1) is 20.6. The van der Waals surface area contributed by atoms with E-state index in [0.717, 1.165) is 23.3 Å². The molecule has 0 atom stereocenters. The van der Waals surface area contributed by atoms with E-state index in [-0.39, 0.29) is 23.6 Å². The van der Waals surface area contributed by atoms with Crippen LogP contribution in [0.5, 0.6) is 5.88 Å². The van der Waals surface area contributed by atoms with Crippen LogP contribution in [-0.2, 0) is 16.8 Å². The number of benzene rings is 1. The van der Waals surface area contributed by atoms with Crippen LogP contribution < -0.4 is 4.74 Å². The molecular formula is C22H28N2O3S. The molecule has 0 saturated heterocycles. The molecule has 28 heavy (non-hydrogen) atoms. The molecule has 0 aliphatic carbocycles. The lowest BCUT2D eigenvalue weighted by molar-refractivity contribution is -0.119. The SMILES string of the molecule is CCn1ncc(C(=O)c2cc(C)c3c(c2C)C(C)(C)CCS3)c1OCC(C)=O. The van der Waals surface area contributed by atoms with E-state index in [9.17, 15) is 9.59 Å². The van der Waals surface area contributed by atoms with Gasteiger partial charge < -0.3 is 4.74 Å². The van der Waals surface area contributed by atoms with Gasteiger partial charge in [0.15, 0.2) is 11.6 Å². The highest BCUT2D eigenvalue weighted by molar-refractivity contribution is 7.99. The van der Waals surface area contributed by atoms with Gasteiger partial charge in [-0.05, 0) is 68.0 Å². The molecule has 6 heteroatoms. The van der Waals surface area contributed by atoms with Crippen LogP contribution in [0.3, 0.4) is 0 Å². The molecule has 0 spiro atoms. The zero-order valence-electron chi connectivity index (χ0n) is 17.5. The fourth-order valence-corrected chi connectivity index (χ4v) is 5.56. The number of hydrogen-bond donors (Lipinski definition) is 0. The number of ether oxygens (including phenoxy) is 1. The van der Waals surface area contributed by atoms with Crippen LogP contribution >= 0.6 is 11.8 Å². The summed E-state index contributed by atoms with van der Waals surface area (Å²) in [5, 5.41) is 4.28. The topological polar surface area (TPSA) is 61.2 Å². The van der Waals surface area contributed by atoms with E-state index < -0.39 is 0 Å². The number of thioether (sulfide) groups is 1. The maximum absolute atomic E-state index is 13.5. The summed E-state index contributed by atoms with van der Waals surface area (Å²) in [5.74, 6) is 1.26. The maximum Gasteiger partial charge on any atom is 0.223 e. The Kier molecular flexibility index (Phi) is 5.71. The molecule has 3 rings (SSSR count). The smallest absolute Gasteiger partial charge is 0.223 e. The van der Waals surface area contributed by atoms with Crippen molar-refractivity contribution in [3.63, 3.8) is 0 Å². The van der Waals surface area contributed by atoms with Crippen molar-refractivity contribution in [3.8, 4) is 5.88 Å². The van der Waals surface area contributed by atoms with Gasteiger partial charge >= 0.3 is 0 Å². The number of Topliss-reactive ketones (excluding diaryl/α,β-unsaturated/α-hetero) is 1. The highest BCUT2D eigenvalue weighted by Crippen LogP contribution is 2.46. The third-order valence-electron chi connectivity index (χ3n) is 5.37. The number of ketones is 2. The normalized spacial score (nSPS) is 15.2. The minimum atomic E-state index is -0.104. The van der Waals surface area contributed by atoms with E-state index in [1.165, 1.54) is 17.4 Å². The van der Waals surface area contributed by atoms with Crippen LogP contribution in [0.15, 0.2) is 17.2 Å². The average molecular weight is 401 g/mol. The number of rotatable bonds is 6. The zero-order valence-corrected chi connectivity index (χ0v) is 18.3. The molecule has 1 aliphatic heterocycles. The summed E-state index contributed by atoms with van der Waals surface area (Å²) in [6.45, 7) is 12.5. The number of carbonyl (C=O) groups is 2. The van der Waals surface area contributed by atoms with Gasteiger partial charge in [0.1, 0.15) is 12.2 Å². The molecule has 0 saturated carbocycles. The Hall–Kier alpha value is -2.08. The van der Waals surface area contributed by atoms with Gasteiger partial charge in [-0.3, -0.25) is 9.59 Å². The van der Waals surface area contributed by atoms with E-state index in [0.29, 0.717) is 23.6 Å². The van der Waals surface area contributed by atoms with Gasteiger partial charge in [-0.2, -0.15) is 5.10 Å². The molecule has 150 valence electrons. The maximum atomic E-state index is 13.5. The summed E-state index contributed by atoms with van der Waals surface area (Å²) in [4.78, 5) is 26.2. The molecular weight excluding hydrogens is 372 g/mol. The second-order valence-electron chi connectivity index (χ2n) is 8.05. The summed E-state index contributed by atoms with van der Waals surface area (Å²) in [5.41, 5.74) is 4.58. The van der Waals surface area contributed by atoms with Gasteiger partial charge in [0, 0.05) is 17.0 Å². The van der Waals surface area contributed by atoms with Gasteiger partial charge in [-0.15, -0.1) is 11.8 Å². The van der Waals surface area contributed by atoms with Gasteiger partial charge in [0.25, 0.3) is 0 Å². The number of hydrogen-bond acceptors (Lipinski definition) is 5. The van der Waals surface area contributed by atoms with Crippen LogP contribution in [0.1, 0.15) is 66.7 Å². The summed E-state index contributed by atoms with van der Waals surface area (Å²) in [7, 11) is 0. The zero-order chi connectivity index (χ0) is 20.6. The minimum absolute atomic E-state index is 0.0350. The number of aromatic nitrogens is 2. The molecule has 0 radical (unpaired) electrons. The molecule has 0 bridgehead atoms. The Morgan fingerprint density at radius 3 is 2.64 bits per heavy atom. The van der Waals surface area contributed by atoms with Crippen LogP contribution in [-0.4, -0.2) is 33.7 Å². The molecule has 1 aliphatic rings. The van der Waals surface area contributed by atoms with Crippen LogP contribution in [0, 0.1) is 13.8 Å². The van der Waals surface area contributed by atoms with Crippen LogP contribution in [0.2, 0.25) is 0 Å². The first-order chi connectivity index (χ1) is 13.2. The number of nitrogens with zero attached hydrogens (tertiary/aromatic N) is 2. The largest absolute Gasteiger partial charge is 0.469 e. The Morgan fingerprint density at radius 2 is 2.00 bits per heavy atom. The van der Waals surface area contributed by atoms with Crippen LogP contribution in [0.25, 0.3) is 0 Å². The van der Waals surface area contributed by atoms with Crippen molar-refractivity contribution in [1.29, 1.82) is 0 Å². The van der Waals surface area contributed by atoms with Crippen molar-refractivity contribution in [3.05, 3.63) is 40.1 Å². The summed E-state index contributed by atoms with van der Waals surface area (Å²) >= 11 is 1.88. The quantitative estimate of drug-likeness (QED) is 0.669. The third-order valence-corrected chi connectivity index (χ3v) is 6.59. The molecule has 0 fully saturated rings. The number of carbonyl (C=O) groups excluding carboxylic acids is 2. The van der Waals surface area contributed by atoms with E-state index in [2.05, 4.69) is 25.9 Å². The Morgan fingerprint density at radius 1 is 1.29 bits per heavy atom. The molecule has 1 aromatic heterocycles. The molecule has 5 nitrogen and oxygen atoms in total. The second kappa shape index (κ2) is 7.74. The van der Waals surface area contributed by atoms with Crippen molar-refractivity contribution in [1.82, 2.24) is 9.78 Å². The number of fused-ring (bicyclic) bond motifs is 1. The predicted octanol–water partition coefficient (Wildman–Crippen LogP) is 4.49. The first-order valence-electron chi connectivity index (χ1n) is 9.67. The highest BCUT2D eigenvalue weighted by Gasteiger charge is 2.33. The molecule has 0 amide bonds. The third kappa shape index (κ3) is 3.62. The van der Waals surface area contributed by atoms with Crippen molar-refractivity contribution in [2.75, 3.05) is 12.4 Å². The van der Waals surface area contributed by atoms with E-state index in [1.54, 1.807) is 10.9 Å². The molecule has 1 aromatic carbocycles. The van der Waals surface area contributed by atoms with Gasteiger partial charge in [-0.25, -0.2) is 4.68 Å².